The molecule has 0 bridgehead atoms. The van der Waals surface area contributed by atoms with Crippen LogP contribution in [0.25, 0.3) is 21.9 Å². The first kappa shape index (κ1) is 9.77. The Balaban J connectivity index is 2.38. The first-order chi connectivity index (χ1) is 8.20. The lowest BCUT2D eigenvalue weighted by atomic mass is 10.2. The van der Waals surface area contributed by atoms with Gasteiger partial charge in [0.15, 0.2) is 0 Å². The first-order valence-corrected chi connectivity index (χ1v) is 5.11. The van der Waals surface area contributed by atoms with E-state index in [2.05, 4.69) is 9.97 Å². The Hall–Kier alpha value is -2.43. The zero-order valence-corrected chi connectivity index (χ0v) is 9.07. The quantitative estimate of drug-likeness (QED) is 0.632. The number of hydrogen-bond donors (Lipinski definition) is 3. The summed E-state index contributed by atoms with van der Waals surface area (Å²) in [6, 6.07) is 7.28. The number of hydrogen-bond acceptors (Lipinski definition) is 2. The Kier molecular flexibility index (Phi) is 1.89. The molecule has 17 heavy (non-hydrogen) atoms. The molecular weight excluding hydrogens is 220 g/mol. The molecule has 0 saturated carbocycles. The minimum Gasteiger partial charge on any atom is -0.495 e. The molecule has 0 aliphatic carbocycles. The van der Waals surface area contributed by atoms with E-state index < -0.39 is 5.97 Å². The summed E-state index contributed by atoms with van der Waals surface area (Å²) < 4.78 is 5.24. The third kappa shape index (κ3) is 1.29. The van der Waals surface area contributed by atoms with Crippen molar-refractivity contribution in [3.05, 3.63) is 30.0 Å². The van der Waals surface area contributed by atoms with Crippen LogP contribution in [0.5, 0.6) is 5.75 Å². The number of aromatic nitrogens is 2. The van der Waals surface area contributed by atoms with Crippen LogP contribution in [0, 0.1) is 0 Å². The summed E-state index contributed by atoms with van der Waals surface area (Å²) in [6.45, 7) is 0. The van der Waals surface area contributed by atoms with Crippen LogP contribution in [0.15, 0.2) is 24.3 Å². The molecule has 2 heterocycles. The van der Waals surface area contributed by atoms with E-state index in [-0.39, 0.29) is 5.69 Å². The monoisotopic (exact) mass is 230 g/mol. The van der Waals surface area contributed by atoms with Crippen LogP contribution >= 0.6 is 0 Å². The Morgan fingerprint density at radius 3 is 2.82 bits per heavy atom. The Labute approximate surface area is 96.0 Å². The number of fused-ring (bicyclic) bond motifs is 3. The lowest BCUT2D eigenvalue weighted by Crippen LogP contribution is -1.95. The molecule has 0 saturated heterocycles. The number of rotatable bonds is 2. The van der Waals surface area contributed by atoms with E-state index in [1.165, 1.54) is 0 Å². The topological polar surface area (TPSA) is 78.1 Å². The molecule has 3 rings (SSSR count). The van der Waals surface area contributed by atoms with Gasteiger partial charge in [-0.3, -0.25) is 0 Å². The number of benzene rings is 1. The molecule has 2 aromatic heterocycles. The second-order valence-corrected chi connectivity index (χ2v) is 3.78. The van der Waals surface area contributed by atoms with Gasteiger partial charge in [-0.2, -0.15) is 0 Å². The van der Waals surface area contributed by atoms with Gasteiger partial charge >= 0.3 is 5.97 Å². The molecule has 0 spiro atoms. The smallest absolute Gasteiger partial charge is 0.352 e. The number of ether oxygens (including phenoxy) is 1. The summed E-state index contributed by atoms with van der Waals surface area (Å²) in [6.07, 6.45) is 0. The molecule has 86 valence electrons. The maximum atomic E-state index is 10.9. The fourth-order valence-electron chi connectivity index (χ4n) is 2.06. The van der Waals surface area contributed by atoms with Gasteiger partial charge < -0.3 is 19.8 Å². The highest BCUT2D eigenvalue weighted by Gasteiger charge is 2.13. The summed E-state index contributed by atoms with van der Waals surface area (Å²) in [5.74, 6) is -0.227. The highest BCUT2D eigenvalue weighted by atomic mass is 16.5. The minimum atomic E-state index is -0.967. The van der Waals surface area contributed by atoms with Crippen LogP contribution in [-0.4, -0.2) is 28.2 Å². The average molecular weight is 230 g/mol. The van der Waals surface area contributed by atoms with Crippen molar-refractivity contribution in [3.63, 3.8) is 0 Å². The van der Waals surface area contributed by atoms with E-state index in [0.29, 0.717) is 5.65 Å². The van der Waals surface area contributed by atoms with Crippen molar-refractivity contribution in [1.82, 2.24) is 9.97 Å². The predicted octanol–water partition coefficient (Wildman–Crippen LogP) is 2.36. The zero-order chi connectivity index (χ0) is 12.0. The third-order valence-electron chi connectivity index (χ3n) is 2.83. The third-order valence-corrected chi connectivity index (χ3v) is 2.83. The molecular formula is C12H10N2O3. The number of H-pyrrole nitrogens is 2. The molecule has 0 aliphatic heterocycles. The molecule has 0 radical (unpaired) electrons. The van der Waals surface area contributed by atoms with E-state index >= 15 is 0 Å². The van der Waals surface area contributed by atoms with Gasteiger partial charge in [0.2, 0.25) is 0 Å². The van der Waals surface area contributed by atoms with E-state index in [1.807, 2.05) is 18.2 Å². The highest BCUT2D eigenvalue weighted by molar-refractivity contribution is 6.10. The van der Waals surface area contributed by atoms with E-state index in [4.69, 9.17) is 9.84 Å². The van der Waals surface area contributed by atoms with Crippen molar-refractivity contribution in [3.8, 4) is 5.75 Å². The number of carboxylic acid groups (broad SMARTS) is 1. The molecule has 5 heteroatoms. The van der Waals surface area contributed by atoms with E-state index in [0.717, 1.165) is 22.0 Å². The molecule has 3 aromatic rings. The van der Waals surface area contributed by atoms with Crippen LogP contribution < -0.4 is 4.74 Å². The van der Waals surface area contributed by atoms with Crippen molar-refractivity contribution >= 4 is 27.9 Å². The van der Waals surface area contributed by atoms with E-state index in [9.17, 15) is 4.79 Å². The zero-order valence-electron chi connectivity index (χ0n) is 9.07. The Morgan fingerprint density at radius 2 is 2.12 bits per heavy atom. The minimum absolute atomic E-state index is 0.177. The summed E-state index contributed by atoms with van der Waals surface area (Å²) in [7, 11) is 1.60. The van der Waals surface area contributed by atoms with Gasteiger partial charge in [0.1, 0.15) is 17.1 Å². The Morgan fingerprint density at radius 1 is 1.29 bits per heavy atom. The number of carboxylic acids is 1. The molecule has 5 nitrogen and oxygen atoms in total. The normalized spacial score (nSPS) is 11.1. The van der Waals surface area contributed by atoms with Crippen molar-refractivity contribution < 1.29 is 14.6 Å². The van der Waals surface area contributed by atoms with Crippen molar-refractivity contribution in [1.29, 1.82) is 0 Å². The first-order valence-electron chi connectivity index (χ1n) is 5.11. The fourth-order valence-corrected chi connectivity index (χ4v) is 2.06. The molecule has 0 aliphatic rings. The number of aromatic carboxylic acids is 1. The Bertz CT molecular complexity index is 724. The van der Waals surface area contributed by atoms with Crippen LogP contribution in [-0.2, 0) is 0 Å². The van der Waals surface area contributed by atoms with Crippen LogP contribution in [0.1, 0.15) is 10.5 Å². The van der Waals surface area contributed by atoms with Crippen molar-refractivity contribution in [2.45, 2.75) is 0 Å². The molecule has 1 aromatic carbocycles. The predicted molar refractivity (Wildman–Crippen MR) is 63.7 cm³/mol. The molecule has 0 atom stereocenters. The summed E-state index contributed by atoms with van der Waals surface area (Å²) >= 11 is 0. The lowest BCUT2D eigenvalue weighted by Gasteiger charge is -2.00. The van der Waals surface area contributed by atoms with Crippen LogP contribution in [0.3, 0.4) is 0 Å². The SMILES string of the molecule is COc1cccc2c1[nH]c1[nH]c(C(=O)O)cc12. The van der Waals surface area contributed by atoms with Gasteiger partial charge in [-0.1, -0.05) is 12.1 Å². The largest absolute Gasteiger partial charge is 0.495 e. The standard InChI is InChI=1S/C12H10N2O3/c1-17-9-4-2-3-6-7-5-8(12(15)16)13-11(7)14-10(6)9/h2-5,13-14H,1H3,(H,15,16). The lowest BCUT2D eigenvalue weighted by molar-refractivity contribution is 0.0691. The second kappa shape index (κ2) is 3.28. The highest BCUT2D eigenvalue weighted by Crippen LogP contribution is 2.31. The van der Waals surface area contributed by atoms with Crippen molar-refractivity contribution in [2.24, 2.45) is 0 Å². The van der Waals surface area contributed by atoms with Crippen molar-refractivity contribution in [2.75, 3.05) is 7.11 Å². The molecule has 0 amide bonds. The summed E-state index contributed by atoms with van der Waals surface area (Å²) in [5.41, 5.74) is 1.74. The molecule has 3 N–H and O–H groups in total. The summed E-state index contributed by atoms with van der Waals surface area (Å²) in [4.78, 5) is 16.8. The van der Waals surface area contributed by atoms with Gasteiger partial charge in [0.05, 0.1) is 12.6 Å². The number of aromatic amines is 2. The molecule has 0 fully saturated rings. The number of carbonyl (C=O) groups is 1. The number of nitrogens with one attached hydrogen (secondary N) is 2. The maximum absolute atomic E-state index is 10.9. The van der Waals surface area contributed by atoms with Gasteiger partial charge in [0.25, 0.3) is 0 Å². The van der Waals surface area contributed by atoms with Gasteiger partial charge in [-0.25, -0.2) is 4.79 Å². The maximum Gasteiger partial charge on any atom is 0.352 e. The second-order valence-electron chi connectivity index (χ2n) is 3.78. The number of para-hydroxylation sites is 1. The van der Waals surface area contributed by atoms with E-state index in [1.54, 1.807) is 13.2 Å². The van der Waals surface area contributed by atoms with Gasteiger partial charge in [-0.05, 0) is 12.1 Å². The summed E-state index contributed by atoms with van der Waals surface area (Å²) in [5, 5.41) is 10.7. The van der Waals surface area contributed by atoms with Gasteiger partial charge in [-0.15, -0.1) is 0 Å². The van der Waals surface area contributed by atoms with Crippen LogP contribution in [0.4, 0.5) is 0 Å². The number of methoxy groups -OCH3 is 1. The van der Waals surface area contributed by atoms with Gasteiger partial charge in [0, 0.05) is 10.8 Å². The molecule has 0 unspecified atom stereocenters. The average Bonchev–Trinajstić information content (AvgIpc) is 2.85. The van der Waals surface area contributed by atoms with Crippen LogP contribution in [0.2, 0.25) is 0 Å². The fraction of sp³-hybridized carbons (Fsp3) is 0.0833.